The molecule has 0 aliphatic carbocycles. The van der Waals surface area contributed by atoms with Crippen molar-refractivity contribution in [2.45, 2.75) is 11.1 Å². The summed E-state index contributed by atoms with van der Waals surface area (Å²) in [4.78, 5) is 12.5. The zero-order valence-corrected chi connectivity index (χ0v) is 16.1. The third kappa shape index (κ3) is 4.17. The van der Waals surface area contributed by atoms with Gasteiger partial charge in [-0.2, -0.15) is 0 Å². The van der Waals surface area contributed by atoms with E-state index in [0.717, 1.165) is 27.3 Å². The highest BCUT2D eigenvalue weighted by Gasteiger charge is 2.29. The van der Waals surface area contributed by atoms with Crippen LogP contribution in [-0.2, 0) is 14.8 Å². The van der Waals surface area contributed by atoms with E-state index in [4.69, 9.17) is 0 Å². The molecule has 0 unspecified atom stereocenters. The highest BCUT2D eigenvalue weighted by molar-refractivity contribution is 7.94. The lowest BCUT2D eigenvalue weighted by molar-refractivity contribution is -0.114. The minimum Gasteiger partial charge on any atom is -0.324 e. The first-order valence-electron chi connectivity index (χ1n) is 8.06. The van der Waals surface area contributed by atoms with Crippen LogP contribution in [0.2, 0.25) is 0 Å². The van der Waals surface area contributed by atoms with Crippen LogP contribution >= 0.6 is 11.3 Å². The van der Waals surface area contributed by atoms with Gasteiger partial charge in [0.1, 0.15) is 16.6 Å². The van der Waals surface area contributed by atoms with E-state index in [1.165, 1.54) is 24.3 Å². The molecule has 0 spiro atoms. The van der Waals surface area contributed by atoms with Crippen LogP contribution in [0.3, 0.4) is 0 Å². The first-order chi connectivity index (χ1) is 12.9. The Balaban J connectivity index is 1.95. The van der Waals surface area contributed by atoms with Crippen molar-refractivity contribution >= 4 is 38.6 Å². The number of thiophene rings is 1. The Kier molecular flexibility index (Phi) is 5.57. The van der Waals surface area contributed by atoms with E-state index in [1.807, 2.05) is 19.1 Å². The number of nitrogens with one attached hydrogen (secondary N) is 1. The molecule has 27 heavy (non-hydrogen) atoms. The second kappa shape index (κ2) is 7.89. The summed E-state index contributed by atoms with van der Waals surface area (Å²) in [6.07, 6.45) is 0. The summed E-state index contributed by atoms with van der Waals surface area (Å²) in [7, 11) is -4.08. The van der Waals surface area contributed by atoms with Gasteiger partial charge in [0, 0.05) is 5.69 Å². The molecular formula is C19H17FN2O3S2. The van der Waals surface area contributed by atoms with E-state index in [1.54, 1.807) is 23.6 Å². The summed E-state index contributed by atoms with van der Waals surface area (Å²) in [5.74, 6) is -1.28. The molecule has 0 radical (unpaired) electrons. The Morgan fingerprint density at radius 2 is 1.78 bits per heavy atom. The van der Waals surface area contributed by atoms with E-state index in [2.05, 4.69) is 5.32 Å². The number of hydrogen-bond acceptors (Lipinski definition) is 4. The molecule has 8 heteroatoms. The Labute approximate surface area is 161 Å². The number of benzene rings is 2. The van der Waals surface area contributed by atoms with Crippen LogP contribution in [-0.4, -0.2) is 20.9 Å². The average Bonchev–Trinajstić information content (AvgIpc) is 3.18. The van der Waals surface area contributed by atoms with E-state index in [0.29, 0.717) is 5.69 Å². The Morgan fingerprint density at radius 3 is 2.44 bits per heavy atom. The molecule has 0 fully saturated rings. The van der Waals surface area contributed by atoms with Gasteiger partial charge in [0.25, 0.3) is 10.0 Å². The van der Waals surface area contributed by atoms with Crippen molar-refractivity contribution in [3.8, 4) is 0 Å². The standard InChI is InChI=1S/C19H17FN2O3S2/c1-14-7-2-4-9-16(14)21-18(23)13-22(17-10-5-3-8-15(17)20)27(24,25)19-11-6-12-26-19/h2-12H,13H2,1H3,(H,21,23). The minimum absolute atomic E-state index is 0.0365. The number of nitrogens with zero attached hydrogens (tertiary/aromatic N) is 1. The normalized spacial score (nSPS) is 11.2. The maximum atomic E-state index is 14.3. The predicted octanol–water partition coefficient (Wildman–Crippen LogP) is 4.03. The largest absolute Gasteiger partial charge is 0.324 e. The second-order valence-corrected chi connectivity index (χ2v) is 8.80. The van der Waals surface area contributed by atoms with E-state index >= 15 is 0 Å². The Morgan fingerprint density at radius 1 is 1.07 bits per heavy atom. The fourth-order valence-electron chi connectivity index (χ4n) is 2.51. The number of halogens is 1. The molecule has 3 aromatic rings. The van der Waals surface area contributed by atoms with Gasteiger partial charge in [-0.05, 0) is 42.1 Å². The zero-order chi connectivity index (χ0) is 19.4. The first kappa shape index (κ1) is 19.1. The topological polar surface area (TPSA) is 66.5 Å². The van der Waals surface area contributed by atoms with Crippen LogP contribution in [0.25, 0.3) is 0 Å². The summed E-state index contributed by atoms with van der Waals surface area (Å²) >= 11 is 1.01. The van der Waals surface area contributed by atoms with Crippen molar-refractivity contribution in [3.63, 3.8) is 0 Å². The van der Waals surface area contributed by atoms with Gasteiger partial charge in [-0.1, -0.05) is 36.4 Å². The molecule has 5 nitrogen and oxygen atoms in total. The summed E-state index contributed by atoms with van der Waals surface area (Å²) in [5.41, 5.74) is 1.24. The molecule has 0 saturated heterocycles. The third-order valence-electron chi connectivity index (χ3n) is 3.87. The van der Waals surface area contributed by atoms with Crippen molar-refractivity contribution < 1.29 is 17.6 Å². The lowest BCUT2D eigenvalue weighted by Crippen LogP contribution is -2.38. The van der Waals surface area contributed by atoms with Gasteiger partial charge < -0.3 is 5.32 Å². The maximum Gasteiger partial charge on any atom is 0.274 e. The monoisotopic (exact) mass is 404 g/mol. The number of anilines is 2. The lowest BCUT2D eigenvalue weighted by atomic mass is 10.2. The highest BCUT2D eigenvalue weighted by atomic mass is 32.2. The van der Waals surface area contributed by atoms with Crippen molar-refractivity contribution in [3.05, 3.63) is 77.4 Å². The first-order valence-corrected chi connectivity index (χ1v) is 10.4. The number of para-hydroxylation sites is 2. The molecule has 0 saturated carbocycles. The van der Waals surface area contributed by atoms with Crippen LogP contribution in [0.4, 0.5) is 15.8 Å². The highest BCUT2D eigenvalue weighted by Crippen LogP contribution is 2.28. The molecule has 0 bridgehead atoms. The van der Waals surface area contributed by atoms with Crippen molar-refractivity contribution in [2.24, 2.45) is 0 Å². The maximum absolute atomic E-state index is 14.3. The van der Waals surface area contributed by atoms with Gasteiger partial charge in [-0.25, -0.2) is 12.8 Å². The predicted molar refractivity (Wildman–Crippen MR) is 105 cm³/mol. The van der Waals surface area contributed by atoms with E-state index in [-0.39, 0.29) is 9.90 Å². The van der Waals surface area contributed by atoms with Crippen LogP contribution in [0.15, 0.2) is 70.3 Å². The average molecular weight is 404 g/mol. The van der Waals surface area contributed by atoms with Crippen LogP contribution in [0.5, 0.6) is 0 Å². The smallest absolute Gasteiger partial charge is 0.274 e. The number of aryl methyl sites for hydroxylation is 1. The molecule has 0 atom stereocenters. The van der Waals surface area contributed by atoms with Gasteiger partial charge in [-0.15, -0.1) is 11.3 Å². The summed E-state index contributed by atoms with van der Waals surface area (Å²) in [6.45, 7) is 1.28. The second-order valence-electron chi connectivity index (χ2n) is 5.76. The van der Waals surface area contributed by atoms with Crippen molar-refractivity contribution in [2.75, 3.05) is 16.2 Å². The molecule has 140 valence electrons. The van der Waals surface area contributed by atoms with Gasteiger partial charge in [-0.3, -0.25) is 9.10 Å². The summed E-state index contributed by atoms with van der Waals surface area (Å²) < 4.78 is 41.1. The van der Waals surface area contributed by atoms with Crippen LogP contribution in [0, 0.1) is 12.7 Å². The van der Waals surface area contributed by atoms with Gasteiger partial charge in [0.2, 0.25) is 5.91 Å². The fraction of sp³-hybridized carbons (Fsp3) is 0.105. The van der Waals surface area contributed by atoms with Crippen molar-refractivity contribution in [1.82, 2.24) is 0 Å². The van der Waals surface area contributed by atoms with E-state index in [9.17, 15) is 17.6 Å². The molecule has 0 aliphatic rings. The molecule has 1 aromatic heterocycles. The lowest BCUT2D eigenvalue weighted by Gasteiger charge is -2.23. The zero-order valence-electron chi connectivity index (χ0n) is 14.4. The van der Waals surface area contributed by atoms with Crippen LogP contribution < -0.4 is 9.62 Å². The van der Waals surface area contributed by atoms with Crippen LogP contribution in [0.1, 0.15) is 5.56 Å². The molecule has 1 heterocycles. The van der Waals surface area contributed by atoms with Gasteiger partial charge in [0.15, 0.2) is 0 Å². The number of amides is 1. The number of hydrogen-bond donors (Lipinski definition) is 1. The van der Waals surface area contributed by atoms with E-state index < -0.39 is 28.3 Å². The molecule has 1 N–H and O–H groups in total. The third-order valence-corrected chi connectivity index (χ3v) is 7.00. The molecule has 1 amide bonds. The number of carbonyl (C=O) groups is 1. The Bertz CT molecular complexity index is 1050. The number of rotatable bonds is 6. The fourth-order valence-corrected chi connectivity index (χ4v) is 5.04. The number of carbonyl (C=O) groups excluding carboxylic acids is 1. The molecule has 0 aliphatic heterocycles. The Hall–Kier alpha value is -2.71. The van der Waals surface area contributed by atoms with Crippen molar-refractivity contribution in [1.29, 1.82) is 0 Å². The SMILES string of the molecule is Cc1ccccc1NC(=O)CN(c1ccccc1F)S(=O)(=O)c1cccs1. The summed E-state index contributed by atoms with van der Waals surface area (Å²) in [6, 6.07) is 15.6. The molecule has 3 rings (SSSR count). The van der Waals surface area contributed by atoms with Gasteiger partial charge >= 0.3 is 0 Å². The summed E-state index contributed by atoms with van der Waals surface area (Å²) in [5, 5.41) is 4.29. The number of sulfonamides is 1. The molecular weight excluding hydrogens is 387 g/mol. The quantitative estimate of drug-likeness (QED) is 0.675. The van der Waals surface area contributed by atoms with Gasteiger partial charge in [0.05, 0.1) is 5.69 Å². The molecule has 2 aromatic carbocycles. The minimum atomic E-state index is -4.08.